The van der Waals surface area contributed by atoms with Crippen molar-refractivity contribution in [1.82, 2.24) is 0 Å². The molecule has 18 heavy (non-hydrogen) atoms. The predicted molar refractivity (Wildman–Crippen MR) is 67.4 cm³/mol. The fourth-order valence-corrected chi connectivity index (χ4v) is 1.49. The number of hydrogen-bond acceptors (Lipinski definition) is 4. The third kappa shape index (κ3) is 2.52. The number of aryl methyl sites for hydroxylation is 1. The van der Waals surface area contributed by atoms with E-state index in [-0.39, 0.29) is 24.0 Å². The molecule has 4 N–H and O–H groups in total. The highest BCUT2D eigenvalue weighted by molar-refractivity contribution is 6.02. The summed E-state index contributed by atoms with van der Waals surface area (Å²) in [5, 5.41) is 12.2. The summed E-state index contributed by atoms with van der Waals surface area (Å²) in [6, 6.07) is 8.13. The molecule has 1 aromatic carbocycles. The Morgan fingerprint density at radius 3 is 2.78 bits per heavy atom. The van der Waals surface area contributed by atoms with Crippen LogP contribution >= 0.6 is 0 Å². The number of furan rings is 1. The molecular weight excluding hydrogens is 232 g/mol. The van der Waals surface area contributed by atoms with Gasteiger partial charge in [-0.1, -0.05) is 6.07 Å². The van der Waals surface area contributed by atoms with Crippen LogP contribution in [0.4, 0.5) is 5.69 Å². The smallest absolute Gasteiger partial charge is 0.291 e. The molecule has 1 heterocycles. The number of nitrogens with two attached hydrogens (primary N) is 1. The highest BCUT2D eigenvalue weighted by atomic mass is 16.4. The lowest BCUT2D eigenvalue weighted by Crippen LogP contribution is -2.10. The van der Waals surface area contributed by atoms with Crippen molar-refractivity contribution in [2.24, 2.45) is 5.73 Å². The largest absolute Gasteiger partial charge is 0.508 e. The van der Waals surface area contributed by atoms with E-state index in [1.807, 2.05) is 0 Å². The molecule has 0 aliphatic carbocycles. The Kier molecular flexibility index (Phi) is 3.34. The number of benzene rings is 1. The predicted octanol–water partition coefficient (Wildman–Crippen LogP) is 2.00. The zero-order chi connectivity index (χ0) is 13.1. The number of phenols is 1. The molecule has 0 radical (unpaired) electrons. The molecule has 0 aliphatic heterocycles. The number of phenolic OH excluding ortho intramolecular Hbond substituents is 1. The van der Waals surface area contributed by atoms with Crippen LogP contribution in [-0.2, 0) is 6.54 Å². The maximum Gasteiger partial charge on any atom is 0.291 e. The standard InChI is InChI=1S/C13H14N2O3/c1-8-2-3-9(6-11(8)16)15-13(17)12-5-4-10(7-14)18-12/h2-6,16H,7,14H2,1H3,(H,15,17). The SMILES string of the molecule is Cc1ccc(NC(=O)c2ccc(CN)o2)cc1O. The summed E-state index contributed by atoms with van der Waals surface area (Å²) in [5.41, 5.74) is 6.65. The quantitative estimate of drug-likeness (QED) is 0.772. The Morgan fingerprint density at radius 2 is 2.17 bits per heavy atom. The number of amides is 1. The Bertz CT molecular complexity index is 575. The fraction of sp³-hybridized carbons (Fsp3) is 0.154. The third-order valence-electron chi connectivity index (χ3n) is 2.55. The van der Waals surface area contributed by atoms with Crippen LogP contribution in [0.5, 0.6) is 5.75 Å². The van der Waals surface area contributed by atoms with Gasteiger partial charge in [0.25, 0.3) is 5.91 Å². The van der Waals surface area contributed by atoms with Crippen molar-refractivity contribution >= 4 is 11.6 Å². The molecule has 0 atom stereocenters. The average molecular weight is 246 g/mol. The molecule has 0 bridgehead atoms. The number of hydrogen-bond donors (Lipinski definition) is 3. The molecule has 2 aromatic rings. The van der Waals surface area contributed by atoms with Crippen LogP contribution in [0.3, 0.4) is 0 Å². The van der Waals surface area contributed by atoms with Gasteiger partial charge in [0.15, 0.2) is 5.76 Å². The van der Waals surface area contributed by atoms with Crippen LogP contribution in [0.15, 0.2) is 34.7 Å². The number of carbonyl (C=O) groups excluding carboxylic acids is 1. The van der Waals surface area contributed by atoms with E-state index in [1.165, 1.54) is 6.07 Å². The molecule has 1 amide bonds. The Balaban J connectivity index is 2.13. The van der Waals surface area contributed by atoms with Crippen molar-refractivity contribution in [2.75, 3.05) is 5.32 Å². The van der Waals surface area contributed by atoms with Crippen molar-refractivity contribution in [1.29, 1.82) is 0 Å². The first-order chi connectivity index (χ1) is 8.60. The van der Waals surface area contributed by atoms with Gasteiger partial charge in [-0.25, -0.2) is 0 Å². The molecule has 0 unspecified atom stereocenters. The van der Waals surface area contributed by atoms with Crippen molar-refractivity contribution in [3.8, 4) is 5.75 Å². The van der Waals surface area contributed by atoms with Gasteiger partial charge >= 0.3 is 0 Å². The maximum atomic E-state index is 11.8. The van der Waals surface area contributed by atoms with Crippen LogP contribution in [0.2, 0.25) is 0 Å². The minimum Gasteiger partial charge on any atom is -0.508 e. The van der Waals surface area contributed by atoms with E-state index in [9.17, 15) is 9.90 Å². The molecule has 1 aromatic heterocycles. The summed E-state index contributed by atoms with van der Waals surface area (Å²) >= 11 is 0. The van der Waals surface area contributed by atoms with Crippen molar-refractivity contribution in [3.63, 3.8) is 0 Å². The van der Waals surface area contributed by atoms with Gasteiger partial charge < -0.3 is 20.6 Å². The number of nitrogens with one attached hydrogen (secondary N) is 1. The summed E-state index contributed by atoms with van der Waals surface area (Å²) in [4.78, 5) is 11.8. The van der Waals surface area contributed by atoms with E-state index in [0.29, 0.717) is 11.4 Å². The van der Waals surface area contributed by atoms with Gasteiger partial charge in [-0.3, -0.25) is 4.79 Å². The lowest BCUT2D eigenvalue weighted by molar-refractivity contribution is 0.0995. The fourth-order valence-electron chi connectivity index (χ4n) is 1.49. The number of rotatable bonds is 3. The second-order valence-corrected chi connectivity index (χ2v) is 3.93. The second-order valence-electron chi connectivity index (χ2n) is 3.93. The van der Waals surface area contributed by atoms with Crippen molar-refractivity contribution in [3.05, 3.63) is 47.4 Å². The van der Waals surface area contributed by atoms with E-state index in [2.05, 4.69) is 5.32 Å². The third-order valence-corrected chi connectivity index (χ3v) is 2.55. The zero-order valence-corrected chi connectivity index (χ0v) is 9.93. The first kappa shape index (κ1) is 12.2. The lowest BCUT2D eigenvalue weighted by Gasteiger charge is -2.05. The molecule has 0 saturated heterocycles. The molecule has 5 nitrogen and oxygen atoms in total. The summed E-state index contributed by atoms with van der Waals surface area (Å²) in [6.45, 7) is 2.03. The van der Waals surface area contributed by atoms with Crippen LogP contribution in [-0.4, -0.2) is 11.0 Å². The van der Waals surface area contributed by atoms with E-state index >= 15 is 0 Å². The van der Waals surface area contributed by atoms with Gasteiger partial charge in [0, 0.05) is 11.8 Å². The molecule has 5 heteroatoms. The monoisotopic (exact) mass is 246 g/mol. The second kappa shape index (κ2) is 4.93. The molecule has 0 saturated carbocycles. The highest BCUT2D eigenvalue weighted by Gasteiger charge is 2.11. The molecule has 0 fully saturated rings. The summed E-state index contributed by atoms with van der Waals surface area (Å²) in [5.74, 6) is 0.496. The first-order valence-corrected chi connectivity index (χ1v) is 5.50. The molecule has 2 rings (SSSR count). The minimum atomic E-state index is -0.377. The van der Waals surface area contributed by atoms with Gasteiger partial charge in [0.05, 0.1) is 6.54 Å². The number of aromatic hydroxyl groups is 1. The van der Waals surface area contributed by atoms with E-state index in [4.69, 9.17) is 10.2 Å². The topological polar surface area (TPSA) is 88.5 Å². The molecule has 0 aliphatic rings. The van der Waals surface area contributed by atoms with Crippen LogP contribution in [0.1, 0.15) is 21.9 Å². The van der Waals surface area contributed by atoms with Crippen LogP contribution in [0, 0.1) is 6.92 Å². The van der Waals surface area contributed by atoms with Gasteiger partial charge in [0.1, 0.15) is 11.5 Å². The van der Waals surface area contributed by atoms with Crippen LogP contribution < -0.4 is 11.1 Å². The average Bonchev–Trinajstić information content (AvgIpc) is 2.82. The van der Waals surface area contributed by atoms with E-state index in [0.717, 1.165) is 5.56 Å². The number of anilines is 1. The highest BCUT2D eigenvalue weighted by Crippen LogP contribution is 2.21. The van der Waals surface area contributed by atoms with Gasteiger partial charge in [-0.15, -0.1) is 0 Å². The molecule has 0 spiro atoms. The Labute approximate surface area is 104 Å². The Morgan fingerprint density at radius 1 is 1.39 bits per heavy atom. The maximum absolute atomic E-state index is 11.8. The van der Waals surface area contributed by atoms with Crippen molar-refractivity contribution in [2.45, 2.75) is 13.5 Å². The normalized spacial score (nSPS) is 10.3. The summed E-state index contributed by atoms with van der Waals surface area (Å²) in [7, 11) is 0. The first-order valence-electron chi connectivity index (χ1n) is 5.50. The van der Waals surface area contributed by atoms with E-state index < -0.39 is 0 Å². The van der Waals surface area contributed by atoms with Crippen molar-refractivity contribution < 1.29 is 14.3 Å². The van der Waals surface area contributed by atoms with Gasteiger partial charge in [-0.05, 0) is 30.7 Å². The Hall–Kier alpha value is -2.27. The van der Waals surface area contributed by atoms with Gasteiger partial charge in [0.2, 0.25) is 0 Å². The van der Waals surface area contributed by atoms with Gasteiger partial charge in [-0.2, -0.15) is 0 Å². The van der Waals surface area contributed by atoms with Crippen LogP contribution in [0.25, 0.3) is 0 Å². The lowest BCUT2D eigenvalue weighted by atomic mass is 10.2. The molecule has 94 valence electrons. The summed E-state index contributed by atoms with van der Waals surface area (Å²) in [6.07, 6.45) is 0. The molecular formula is C13H14N2O3. The zero-order valence-electron chi connectivity index (χ0n) is 9.93. The summed E-state index contributed by atoms with van der Waals surface area (Å²) < 4.78 is 5.22. The number of carbonyl (C=O) groups is 1. The minimum absolute atomic E-state index is 0.134. The van der Waals surface area contributed by atoms with E-state index in [1.54, 1.807) is 31.2 Å².